The van der Waals surface area contributed by atoms with Gasteiger partial charge in [-0.05, 0) is 48.2 Å². The second kappa shape index (κ2) is 11.3. The second-order valence-electron chi connectivity index (χ2n) is 8.52. The second-order valence-corrected chi connectivity index (χ2v) is 10.5. The summed E-state index contributed by atoms with van der Waals surface area (Å²) in [6.07, 6.45) is 4.52. The quantitative estimate of drug-likeness (QED) is 0.474. The molecule has 0 spiro atoms. The maximum absolute atomic E-state index is 13.0. The minimum absolute atomic E-state index is 0.126. The summed E-state index contributed by atoms with van der Waals surface area (Å²) in [6, 6.07) is 18.3. The van der Waals surface area contributed by atoms with E-state index in [2.05, 4.69) is 10.6 Å². The molecule has 0 aliphatic carbocycles. The number of hydrogen-bond acceptors (Lipinski definition) is 5. The Morgan fingerprint density at radius 3 is 2.26 bits per heavy atom. The SMILES string of the molecule is O=C(NC(Cc1ccccc1)C(=O)NCc1ccc(S(=O)(=O)N2CCCCC2)cc1)c1ccco1. The van der Waals surface area contributed by atoms with Crippen LogP contribution in [0.3, 0.4) is 0 Å². The number of amides is 2. The van der Waals surface area contributed by atoms with Crippen molar-refractivity contribution in [1.82, 2.24) is 14.9 Å². The summed E-state index contributed by atoms with van der Waals surface area (Å²) in [4.78, 5) is 25.8. The number of sulfonamides is 1. The molecule has 184 valence electrons. The van der Waals surface area contributed by atoms with Crippen molar-refractivity contribution in [2.45, 2.75) is 43.2 Å². The Hall–Kier alpha value is -3.43. The molecule has 2 N–H and O–H groups in total. The monoisotopic (exact) mass is 495 g/mol. The van der Waals surface area contributed by atoms with Crippen LogP contribution in [0, 0.1) is 0 Å². The topological polar surface area (TPSA) is 109 Å². The maximum Gasteiger partial charge on any atom is 0.287 e. The molecule has 1 unspecified atom stereocenters. The van der Waals surface area contributed by atoms with E-state index in [0.717, 1.165) is 30.4 Å². The van der Waals surface area contributed by atoms with Gasteiger partial charge in [-0.3, -0.25) is 9.59 Å². The van der Waals surface area contributed by atoms with E-state index in [1.807, 2.05) is 30.3 Å². The van der Waals surface area contributed by atoms with Crippen molar-refractivity contribution < 1.29 is 22.4 Å². The number of nitrogens with zero attached hydrogens (tertiary/aromatic N) is 1. The summed E-state index contributed by atoms with van der Waals surface area (Å²) >= 11 is 0. The first-order valence-corrected chi connectivity index (χ1v) is 13.1. The summed E-state index contributed by atoms with van der Waals surface area (Å²) in [5.74, 6) is -0.696. The first-order valence-electron chi connectivity index (χ1n) is 11.7. The van der Waals surface area contributed by atoms with E-state index >= 15 is 0 Å². The Balaban J connectivity index is 1.40. The van der Waals surface area contributed by atoms with Crippen LogP contribution < -0.4 is 10.6 Å². The van der Waals surface area contributed by atoms with Crippen LogP contribution in [0.2, 0.25) is 0 Å². The fraction of sp³-hybridized carbons (Fsp3) is 0.308. The van der Waals surface area contributed by atoms with Gasteiger partial charge in [0.05, 0.1) is 11.2 Å². The normalized spacial score (nSPS) is 15.3. The molecule has 8 nitrogen and oxygen atoms in total. The molecule has 2 amide bonds. The average molecular weight is 496 g/mol. The number of furan rings is 1. The van der Waals surface area contributed by atoms with Crippen molar-refractivity contribution in [3.63, 3.8) is 0 Å². The van der Waals surface area contributed by atoms with Crippen LogP contribution in [-0.2, 0) is 27.8 Å². The van der Waals surface area contributed by atoms with Crippen molar-refractivity contribution in [3.8, 4) is 0 Å². The Morgan fingerprint density at radius 2 is 1.60 bits per heavy atom. The molecular weight excluding hydrogens is 466 g/mol. The van der Waals surface area contributed by atoms with Gasteiger partial charge in [-0.25, -0.2) is 8.42 Å². The van der Waals surface area contributed by atoms with E-state index in [9.17, 15) is 18.0 Å². The van der Waals surface area contributed by atoms with Gasteiger partial charge in [0.25, 0.3) is 5.91 Å². The average Bonchev–Trinajstić information content (AvgIpc) is 3.44. The van der Waals surface area contributed by atoms with Crippen molar-refractivity contribution >= 4 is 21.8 Å². The molecule has 4 rings (SSSR count). The van der Waals surface area contributed by atoms with Crippen LogP contribution in [-0.4, -0.2) is 43.7 Å². The van der Waals surface area contributed by atoms with Crippen LogP contribution in [0.4, 0.5) is 0 Å². The van der Waals surface area contributed by atoms with E-state index in [0.29, 0.717) is 19.5 Å². The molecule has 0 radical (unpaired) electrons. The van der Waals surface area contributed by atoms with Gasteiger partial charge in [0.2, 0.25) is 15.9 Å². The summed E-state index contributed by atoms with van der Waals surface area (Å²) in [5.41, 5.74) is 1.66. The Bertz CT molecular complexity index is 1220. The highest BCUT2D eigenvalue weighted by Crippen LogP contribution is 2.21. The highest BCUT2D eigenvalue weighted by Gasteiger charge is 2.26. The lowest BCUT2D eigenvalue weighted by molar-refractivity contribution is -0.123. The predicted octanol–water partition coefficient (Wildman–Crippen LogP) is 3.11. The first kappa shape index (κ1) is 24.7. The van der Waals surface area contributed by atoms with E-state index in [4.69, 9.17) is 4.42 Å². The first-order chi connectivity index (χ1) is 16.9. The Kier molecular flexibility index (Phi) is 7.99. The molecule has 1 aliphatic heterocycles. The Morgan fingerprint density at radius 1 is 0.886 bits per heavy atom. The van der Waals surface area contributed by atoms with Crippen LogP contribution >= 0.6 is 0 Å². The molecule has 1 fully saturated rings. The van der Waals surface area contributed by atoms with Crippen LogP contribution in [0.1, 0.15) is 40.9 Å². The molecule has 3 aromatic rings. The van der Waals surface area contributed by atoms with Crippen molar-refractivity contribution in [2.75, 3.05) is 13.1 Å². The van der Waals surface area contributed by atoms with E-state index < -0.39 is 22.0 Å². The van der Waals surface area contributed by atoms with Crippen LogP contribution in [0.25, 0.3) is 0 Å². The number of benzene rings is 2. The highest BCUT2D eigenvalue weighted by atomic mass is 32.2. The van der Waals surface area contributed by atoms with E-state index in [1.54, 1.807) is 30.3 Å². The zero-order valence-electron chi connectivity index (χ0n) is 19.4. The number of nitrogens with one attached hydrogen (secondary N) is 2. The molecule has 1 aromatic heterocycles. The molecule has 0 bridgehead atoms. The molecule has 1 aliphatic rings. The number of hydrogen-bond donors (Lipinski definition) is 2. The third kappa shape index (κ3) is 6.37. The predicted molar refractivity (Wildman–Crippen MR) is 131 cm³/mol. The number of rotatable bonds is 9. The minimum atomic E-state index is -3.50. The smallest absolute Gasteiger partial charge is 0.287 e. The van der Waals surface area contributed by atoms with Crippen molar-refractivity contribution in [3.05, 3.63) is 89.9 Å². The van der Waals surface area contributed by atoms with Gasteiger partial charge in [-0.1, -0.05) is 48.9 Å². The fourth-order valence-electron chi connectivity index (χ4n) is 4.04. The van der Waals surface area contributed by atoms with Gasteiger partial charge in [-0.15, -0.1) is 0 Å². The van der Waals surface area contributed by atoms with Crippen LogP contribution in [0.5, 0.6) is 0 Å². The fourth-order valence-corrected chi connectivity index (χ4v) is 5.56. The summed E-state index contributed by atoms with van der Waals surface area (Å²) in [6.45, 7) is 1.30. The van der Waals surface area contributed by atoms with Gasteiger partial charge >= 0.3 is 0 Å². The molecule has 0 saturated carbocycles. The zero-order valence-corrected chi connectivity index (χ0v) is 20.2. The van der Waals surface area contributed by atoms with Crippen molar-refractivity contribution in [1.29, 1.82) is 0 Å². The van der Waals surface area contributed by atoms with Gasteiger partial charge in [0.1, 0.15) is 6.04 Å². The molecule has 35 heavy (non-hydrogen) atoms. The van der Waals surface area contributed by atoms with Crippen molar-refractivity contribution in [2.24, 2.45) is 0 Å². The standard InChI is InChI=1S/C26H29N3O5S/c30-25(23(18-20-8-3-1-4-9-20)28-26(31)24-10-7-17-34-24)27-19-21-11-13-22(14-12-21)35(32,33)29-15-5-2-6-16-29/h1,3-4,7-14,17,23H,2,5-6,15-16,18-19H2,(H,27,30)(H,28,31). The molecular formula is C26H29N3O5S. The molecule has 1 saturated heterocycles. The van der Waals surface area contributed by atoms with E-state index in [-0.39, 0.29) is 23.1 Å². The summed E-state index contributed by atoms with van der Waals surface area (Å²) in [5, 5.41) is 5.59. The zero-order chi connectivity index (χ0) is 24.7. The summed E-state index contributed by atoms with van der Waals surface area (Å²) in [7, 11) is -3.50. The lowest BCUT2D eigenvalue weighted by Gasteiger charge is -2.25. The lowest BCUT2D eigenvalue weighted by atomic mass is 10.0. The molecule has 9 heteroatoms. The minimum Gasteiger partial charge on any atom is -0.459 e. The van der Waals surface area contributed by atoms with Gasteiger partial charge < -0.3 is 15.1 Å². The molecule has 2 heterocycles. The maximum atomic E-state index is 13.0. The van der Waals surface area contributed by atoms with E-state index in [1.165, 1.54) is 16.6 Å². The third-order valence-corrected chi connectivity index (χ3v) is 7.91. The van der Waals surface area contributed by atoms with Crippen LogP contribution in [0.15, 0.2) is 82.3 Å². The Labute approximate surface area is 205 Å². The van der Waals surface area contributed by atoms with Gasteiger partial charge in [-0.2, -0.15) is 4.31 Å². The lowest BCUT2D eigenvalue weighted by Crippen LogP contribution is -2.47. The highest BCUT2D eigenvalue weighted by molar-refractivity contribution is 7.89. The van der Waals surface area contributed by atoms with Gasteiger partial charge in [0.15, 0.2) is 5.76 Å². The number of carbonyl (C=O) groups is 2. The number of piperidine rings is 1. The molecule has 2 aromatic carbocycles. The summed E-state index contributed by atoms with van der Waals surface area (Å²) < 4.78 is 32.3. The number of carbonyl (C=O) groups excluding carboxylic acids is 2. The molecule has 1 atom stereocenters. The van der Waals surface area contributed by atoms with Gasteiger partial charge in [0, 0.05) is 26.1 Å². The third-order valence-electron chi connectivity index (χ3n) is 5.99. The largest absolute Gasteiger partial charge is 0.459 e.